The Balaban J connectivity index is 1.93. The van der Waals surface area contributed by atoms with Crippen LogP contribution in [-0.2, 0) is 31.4 Å². The molecule has 0 aromatic heterocycles. The Bertz CT molecular complexity index is 1300. The van der Waals surface area contributed by atoms with Gasteiger partial charge in [0, 0.05) is 11.8 Å². The number of hydrogen-bond donors (Lipinski definition) is 1. The molecule has 0 saturated heterocycles. The monoisotopic (exact) mass is 534 g/mol. The van der Waals surface area contributed by atoms with Crippen molar-refractivity contribution in [3.63, 3.8) is 0 Å². The van der Waals surface area contributed by atoms with Crippen LogP contribution < -0.4 is 13.8 Å². The van der Waals surface area contributed by atoms with Crippen molar-refractivity contribution in [1.82, 2.24) is 4.67 Å². The highest BCUT2D eigenvalue weighted by atomic mass is 32.5. The summed E-state index contributed by atoms with van der Waals surface area (Å²) in [7, 11) is -2.30. The SMILES string of the molecule is CCOC(=O)CN(C)P(=S)(Oc1ccccc1)Oc1ccccc1NS(=O)(=O)c1ccc(C)cc1. The van der Waals surface area contributed by atoms with Crippen molar-refractivity contribution >= 4 is 40.1 Å². The van der Waals surface area contributed by atoms with Gasteiger partial charge >= 0.3 is 12.6 Å². The van der Waals surface area contributed by atoms with Crippen molar-refractivity contribution in [3.8, 4) is 11.5 Å². The summed E-state index contributed by atoms with van der Waals surface area (Å²) >= 11 is 5.81. The number of sulfonamides is 1. The average Bonchev–Trinajstić information content (AvgIpc) is 2.81. The number of rotatable bonds is 11. The number of para-hydroxylation sites is 3. The third-order valence-corrected chi connectivity index (χ3v) is 9.23. The van der Waals surface area contributed by atoms with E-state index in [4.69, 9.17) is 25.6 Å². The first-order valence-electron chi connectivity index (χ1n) is 10.7. The van der Waals surface area contributed by atoms with Crippen molar-refractivity contribution in [2.45, 2.75) is 18.7 Å². The number of ether oxygens (including phenoxy) is 1. The van der Waals surface area contributed by atoms with E-state index >= 15 is 0 Å². The molecule has 0 amide bonds. The van der Waals surface area contributed by atoms with Crippen LogP contribution in [0.25, 0.3) is 0 Å². The number of benzene rings is 3. The fourth-order valence-electron chi connectivity index (χ4n) is 2.93. The molecule has 0 aliphatic heterocycles. The predicted octanol–water partition coefficient (Wildman–Crippen LogP) is 4.97. The Kier molecular flexibility index (Phi) is 8.91. The molecule has 0 aliphatic carbocycles. The lowest BCUT2D eigenvalue weighted by Crippen LogP contribution is -2.29. The zero-order valence-electron chi connectivity index (χ0n) is 19.6. The number of likely N-dealkylation sites (N-methyl/N-ethyl adjacent to an activating group) is 1. The van der Waals surface area contributed by atoms with Gasteiger partial charge in [0.05, 0.1) is 17.2 Å². The van der Waals surface area contributed by atoms with Gasteiger partial charge in [0.15, 0.2) is 5.75 Å². The molecule has 3 aromatic carbocycles. The molecule has 0 saturated carbocycles. The second-order valence-electron chi connectivity index (χ2n) is 7.50. The zero-order valence-corrected chi connectivity index (χ0v) is 22.1. The summed E-state index contributed by atoms with van der Waals surface area (Å²) in [6.45, 7) is 0.263. The first kappa shape index (κ1) is 26.7. The van der Waals surface area contributed by atoms with Crippen LogP contribution in [0.3, 0.4) is 0 Å². The number of anilines is 1. The highest BCUT2D eigenvalue weighted by molar-refractivity contribution is 8.09. The molecular weight excluding hydrogens is 507 g/mol. The van der Waals surface area contributed by atoms with Crippen molar-refractivity contribution in [1.29, 1.82) is 0 Å². The maximum atomic E-state index is 13.0. The minimum Gasteiger partial charge on any atom is -0.465 e. The number of esters is 1. The summed E-state index contributed by atoms with van der Waals surface area (Å²) in [5.41, 5.74) is 1.12. The Hall–Kier alpha value is -2.91. The van der Waals surface area contributed by atoms with E-state index in [2.05, 4.69) is 4.72 Å². The predicted molar refractivity (Wildman–Crippen MR) is 140 cm³/mol. The molecule has 0 aliphatic rings. The van der Waals surface area contributed by atoms with Gasteiger partial charge in [-0.3, -0.25) is 9.52 Å². The van der Waals surface area contributed by atoms with Gasteiger partial charge in [0.1, 0.15) is 12.3 Å². The van der Waals surface area contributed by atoms with Crippen LogP contribution >= 0.6 is 6.64 Å². The van der Waals surface area contributed by atoms with Crippen molar-refractivity contribution in [2.24, 2.45) is 0 Å². The molecule has 0 bridgehead atoms. The molecular formula is C24H27N2O6PS2. The standard InChI is InChI=1S/C24H27N2O6PS2/c1-4-30-24(27)18-26(3)33(34,31-20-10-6-5-7-11-20)32-23-13-9-8-12-22(23)25-35(28,29)21-16-14-19(2)15-17-21/h5-17,25H,4,18H2,1-3H3. The molecule has 1 atom stereocenters. The van der Waals surface area contributed by atoms with Gasteiger partial charge in [-0.1, -0.05) is 48.0 Å². The molecule has 3 aromatic rings. The van der Waals surface area contributed by atoms with Gasteiger partial charge < -0.3 is 13.8 Å². The Morgan fingerprint density at radius 1 is 0.971 bits per heavy atom. The summed E-state index contributed by atoms with van der Waals surface area (Å²) in [6, 6.07) is 21.8. The number of carbonyl (C=O) groups excluding carboxylic acids is 1. The summed E-state index contributed by atoms with van der Waals surface area (Å²) in [5.74, 6) is 0.125. The van der Waals surface area contributed by atoms with Crippen LogP contribution in [-0.4, -0.2) is 39.3 Å². The normalized spacial score (nSPS) is 13.0. The minimum absolute atomic E-state index is 0.109. The first-order chi connectivity index (χ1) is 16.6. The molecule has 8 nitrogen and oxygen atoms in total. The van der Waals surface area contributed by atoms with E-state index in [1.54, 1.807) is 74.6 Å². The summed E-state index contributed by atoms with van der Waals surface area (Å²) in [4.78, 5) is 12.3. The Labute approximate surface area is 211 Å². The smallest absolute Gasteiger partial charge is 0.368 e. The number of nitrogens with zero attached hydrogens (tertiary/aromatic N) is 1. The first-order valence-corrected chi connectivity index (χ1v) is 14.8. The number of hydrogen-bond acceptors (Lipinski definition) is 7. The Morgan fingerprint density at radius 3 is 2.26 bits per heavy atom. The molecule has 0 radical (unpaired) electrons. The maximum absolute atomic E-state index is 13.0. The maximum Gasteiger partial charge on any atom is 0.368 e. The van der Waals surface area contributed by atoms with Crippen LogP contribution in [0.5, 0.6) is 11.5 Å². The van der Waals surface area contributed by atoms with Crippen LogP contribution in [0.15, 0.2) is 83.8 Å². The molecule has 0 heterocycles. The molecule has 186 valence electrons. The number of nitrogens with one attached hydrogen (secondary N) is 1. The third kappa shape index (κ3) is 7.29. The van der Waals surface area contributed by atoms with Gasteiger partial charge in [-0.25, -0.2) is 13.1 Å². The number of carbonyl (C=O) groups is 1. The highest BCUT2D eigenvalue weighted by Crippen LogP contribution is 2.52. The summed E-state index contributed by atoms with van der Waals surface area (Å²) < 4.78 is 47.3. The molecule has 3 rings (SSSR count). The second-order valence-corrected chi connectivity index (χ2v) is 12.6. The van der Waals surface area contributed by atoms with E-state index in [-0.39, 0.29) is 29.5 Å². The average molecular weight is 535 g/mol. The van der Waals surface area contributed by atoms with Crippen LogP contribution in [0, 0.1) is 6.92 Å². The largest absolute Gasteiger partial charge is 0.465 e. The quantitative estimate of drug-likeness (QED) is 0.272. The molecule has 35 heavy (non-hydrogen) atoms. The summed E-state index contributed by atoms with van der Waals surface area (Å²) in [6.07, 6.45) is 0. The van der Waals surface area contributed by atoms with Crippen molar-refractivity contribution < 1.29 is 27.0 Å². The van der Waals surface area contributed by atoms with Gasteiger partial charge in [-0.2, -0.15) is 0 Å². The lowest BCUT2D eigenvalue weighted by Gasteiger charge is -2.31. The van der Waals surface area contributed by atoms with Gasteiger partial charge in [-0.05, 0) is 57.3 Å². The molecule has 0 fully saturated rings. The second kappa shape index (κ2) is 11.7. The lowest BCUT2D eigenvalue weighted by molar-refractivity contribution is -0.143. The van der Waals surface area contributed by atoms with Crippen LogP contribution in [0.2, 0.25) is 0 Å². The summed E-state index contributed by atoms with van der Waals surface area (Å²) in [5, 5.41) is 0. The fourth-order valence-corrected chi connectivity index (χ4v) is 6.07. The van der Waals surface area contributed by atoms with E-state index < -0.39 is 22.6 Å². The van der Waals surface area contributed by atoms with E-state index in [1.807, 2.05) is 13.0 Å². The van der Waals surface area contributed by atoms with Crippen LogP contribution in [0.1, 0.15) is 12.5 Å². The van der Waals surface area contributed by atoms with Gasteiger partial charge in [-0.15, -0.1) is 0 Å². The Morgan fingerprint density at radius 2 is 1.60 bits per heavy atom. The lowest BCUT2D eigenvalue weighted by atomic mass is 10.2. The molecule has 1 N–H and O–H groups in total. The molecule has 1 unspecified atom stereocenters. The van der Waals surface area contributed by atoms with Crippen molar-refractivity contribution in [2.75, 3.05) is 24.9 Å². The number of aryl methyl sites for hydroxylation is 1. The fraction of sp³-hybridized carbons (Fsp3) is 0.208. The minimum atomic E-state index is -3.89. The van der Waals surface area contributed by atoms with Crippen LogP contribution in [0.4, 0.5) is 5.69 Å². The van der Waals surface area contributed by atoms with Gasteiger partial charge in [0.25, 0.3) is 10.0 Å². The van der Waals surface area contributed by atoms with Crippen molar-refractivity contribution in [3.05, 3.63) is 84.4 Å². The van der Waals surface area contributed by atoms with E-state index in [1.165, 1.54) is 16.8 Å². The third-order valence-electron chi connectivity index (χ3n) is 4.72. The van der Waals surface area contributed by atoms with E-state index in [9.17, 15) is 13.2 Å². The molecule has 0 spiro atoms. The zero-order chi connectivity index (χ0) is 25.5. The van der Waals surface area contributed by atoms with E-state index in [0.717, 1.165) is 5.56 Å². The molecule has 11 heteroatoms. The van der Waals surface area contributed by atoms with Gasteiger partial charge in [0.2, 0.25) is 0 Å². The topological polar surface area (TPSA) is 94.2 Å². The van der Waals surface area contributed by atoms with E-state index in [0.29, 0.717) is 5.75 Å². The highest BCUT2D eigenvalue weighted by Gasteiger charge is 2.32.